The summed E-state index contributed by atoms with van der Waals surface area (Å²) < 4.78 is 30.9. The molecule has 1 heterocycles. The van der Waals surface area contributed by atoms with Crippen molar-refractivity contribution in [1.82, 2.24) is 4.98 Å². The number of fused-ring (bicyclic) bond motifs is 4. The van der Waals surface area contributed by atoms with Crippen LogP contribution in [-0.2, 0) is 31.4 Å². The summed E-state index contributed by atoms with van der Waals surface area (Å²) in [5.74, 6) is -3.03. The summed E-state index contributed by atoms with van der Waals surface area (Å²) >= 11 is 0. The van der Waals surface area contributed by atoms with E-state index in [1.807, 2.05) is 56.3 Å². The first-order valence-corrected chi connectivity index (χ1v) is 9.29. The first-order valence-electron chi connectivity index (χ1n) is 9.29. The van der Waals surface area contributed by atoms with Crippen LogP contribution in [0.2, 0.25) is 0 Å². The summed E-state index contributed by atoms with van der Waals surface area (Å²) in [6.07, 6.45) is 1.76. The van der Waals surface area contributed by atoms with Gasteiger partial charge in [0.15, 0.2) is 0 Å². The molecule has 4 heteroatoms. The van der Waals surface area contributed by atoms with E-state index >= 15 is 8.78 Å². The second-order valence-electron chi connectivity index (χ2n) is 7.80. The Bertz CT molecular complexity index is 1220. The third kappa shape index (κ3) is 2.85. The molecule has 1 nitrogen and oxygen atoms in total. The average Bonchev–Trinajstić information content (AvgIpc) is 2.72. The summed E-state index contributed by atoms with van der Waals surface area (Å²) in [4.78, 5) is 4.54. The van der Waals surface area contributed by atoms with Gasteiger partial charge < -0.3 is 4.98 Å². The average molecular weight is 563 g/mol. The molecule has 1 radical (unpaired) electrons. The molecule has 3 aromatic carbocycles. The van der Waals surface area contributed by atoms with Crippen LogP contribution in [0.3, 0.4) is 0 Å². The quantitative estimate of drug-likeness (QED) is 0.242. The van der Waals surface area contributed by atoms with Crippen LogP contribution >= 0.6 is 0 Å². The van der Waals surface area contributed by atoms with Crippen LogP contribution in [-0.4, -0.2) is 4.98 Å². The predicted octanol–water partition coefficient (Wildman–Crippen LogP) is 6.48. The number of hydrogen-bond donors (Lipinski definition) is 0. The molecule has 1 aromatic heterocycles. The molecule has 0 atom stereocenters. The van der Waals surface area contributed by atoms with Gasteiger partial charge >= 0.3 is 0 Å². The maximum atomic E-state index is 15.5. The van der Waals surface area contributed by atoms with Gasteiger partial charge in [0.05, 0.1) is 0 Å². The van der Waals surface area contributed by atoms with Crippen molar-refractivity contribution in [2.45, 2.75) is 25.2 Å². The second kappa shape index (κ2) is 6.83. The Morgan fingerprint density at radius 2 is 1.59 bits per heavy atom. The largest absolute Gasteiger partial charge is 0.304 e. The van der Waals surface area contributed by atoms with Gasteiger partial charge in [0.1, 0.15) is 0 Å². The first-order chi connectivity index (χ1) is 13.4. The molecule has 0 bridgehead atoms. The maximum Gasteiger partial charge on any atom is 0.299 e. The van der Waals surface area contributed by atoms with Crippen LogP contribution in [0.25, 0.3) is 22.0 Å². The van der Waals surface area contributed by atoms with Gasteiger partial charge in [-0.2, -0.15) is 8.78 Å². The van der Waals surface area contributed by atoms with Gasteiger partial charge in [-0.25, -0.2) is 0 Å². The molecule has 1 aliphatic rings. The van der Waals surface area contributed by atoms with Gasteiger partial charge in [-0.1, -0.05) is 56.3 Å². The number of alkyl halides is 2. The third-order valence-electron chi connectivity index (χ3n) is 5.79. The van der Waals surface area contributed by atoms with E-state index in [0.717, 1.165) is 22.0 Å². The molecule has 0 saturated heterocycles. The van der Waals surface area contributed by atoms with Gasteiger partial charge in [-0.05, 0) is 27.6 Å². The van der Waals surface area contributed by atoms with Gasteiger partial charge in [0.25, 0.3) is 5.92 Å². The Morgan fingerprint density at radius 3 is 2.31 bits per heavy atom. The summed E-state index contributed by atoms with van der Waals surface area (Å²) in [5.41, 5.74) is 2.56. The second-order valence-corrected chi connectivity index (χ2v) is 7.80. The molecular weight excluding hydrogens is 544 g/mol. The number of rotatable bonds is 1. The van der Waals surface area contributed by atoms with Crippen LogP contribution in [0.4, 0.5) is 8.78 Å². The summed E-state index contributed by atoms with van der Waals surface area (Å²) in [5, 5.41) is 1.68. The number of aromatic nitrogens is 1. The zero-order valence-electron chi connectivity index (χ0n) is 16.0. The Labute approximate surface area is 182 Å². The Kier molecular flexibility index (Phi) is 4.68. The van der Waals surface area contributed by atoms with Gasteiger partial charge in [-0.3, -0.25) is 0 Å². The van der Waals surface area contributed by atoms with E-state index in [1.165, 1.54) is 0 Å². The van der Waals surface area contributed by atoms with E-state index in [1.54, 1.807) is 30.5 Å². The van der Waals surface area contributed by atoms with Crippen molar-refractivity contribution in [3.8, 4) is 11.3 Å². The maximum absolute atomic E-state index is 15.5. The van der Waals surface area contributed by atoms with E-state index in [0.29, 0.717) is 11.1 Å². The zero-order chi connectivity index (χ0) is 19.5. The van der Waals surface area contributed by atoms with E-state index in [9.17, 15) is 0 Å². The molecule has 0 aliphatic heterocycles. The van der Waals surface area contributed by atoms with Crippen molar-refractivity contribution in [3.63, 3.8) is 0 Å². The van der Waals surface area contributed by atoms with Crippen molar-refractivity contribution >= 4 is 10.8 Å². The van der Waals surface area contributed by atoms with Gasteiger partial charge in [0, 0.05) is 42.8 Å². The van der Waals surface area contributed by atoms with Crippen LogP contribution < -0.4 is 0 Å². The molecule has 0 amide bonds. The number of halogens is 2. The first kappa shape index (κ1) is 19.9. The number of hydrogen-bond acceptors (Lipinski definition) is 1. The Hall–Kier alpha value is -2.42. The normalized spacial score (nSPS) is 15.9. The predicted molar refractivity (Wildman–Crippen MR) is 108 cm³/mol. The molecule has 4 aromatic rings. The molecule has 0 N–H and O–H groups in total. The standard InChI is InChI=1S/C25H18F2N.Ir/c1-24(2)19-10-6-7-11-20(19)25(26,27)21-13-12-17-15-28-22(14-18(17)23(21)24)16-8-4-3-5-9-16;/h3-8,10-15H,1-2H3;/q-1;. The molecular formula is C25H18F2IrN-. The minimum Gasteiger partial charge on any atom is -0.304 e. The zero-order valence-corrected chi connectivity index (χ0v) is 18.4. The van der Waals surface area contributed by atoms with E-state index < -0.39 is 11.3 Å². The molecule has 0 unspecified atom stereocenters. The molecule has 147 valence electrons. The van der Waals surface area contributed by atoms with E-state index in [-0.39, 0.29) is 31.2 Å². The summed E-state index contributed by atoms with van der Waals surface area (Å²) in [6, 6.07) is 22.9. The van der Waals surface area contributed by atoms with Crippen LogP contribution in [0.5, 0.6) is 0 Å². The van der Waals surface area contributed by atoms with E-state index in [2.05, 4.69) is 11.1 Å². The molecule has 0 spiro atoms. The summed E-state index contributed by atoms with van der Waals surface area (Å²) in [7, 11) is 0. The monoisotopic (exact) mass is 563 g/mol. The van der Waals surface area contributed by atoms with E-state index in [4.69, 9.17) is 0 Å². The van der Waals surface area contributed by atoms with Crippen LogP contribution in [0.15, 0.2) is 72.9 Å². The fourth-order valence-electron chi connectivity index (χ4n) is 4.43. The van der Waals surface area contributed by atoms with Crippen molar-refractivity contribution in [2.75, 3.05) is 0 Å². The van der Waals surface area contributed by atoms with Crippen molar-refractivity contribution in [3.05, 3.63) is 101 Å². The van der Waals surface area contributed by atoms with Crippen molar-refractivity contribution in [2.24, 2.45) is 0 Å². The molecule has 0 saturated carbocycles. The topological polar surface area (TPSA) is 12.9 Å². The molecule has 29 heavy (non-hydrogen) atoms. The number of benzene rings is 3. The Morgan fingerprint density at radius 1 is 0.862 bits per heavy atom. The third-order valence-corrected chi connectivity index (χ3v) is 5.79. The van der Waals surface area contributed by atoms with Gasteiger partial charge in [-0.15, -0.1) is 35.9 Å². The number of nitrogens with zero attached hydrogens (tertiary/aromatic N) is 1. The summed E-state index contributed by atoms with van der Waals surface area (Å²) in [6.45, 7) is 4.04. The SMILES string of the molecule is CC1(C)c2ccccc2C(F)(F)c2ccc3cnc(-c4[c-]cccc4)cc3c21.[Ir]. The molecule has 1 aliphatic carbocycles. The fraction of sp³-hybridized carbons (Fsp3) is 0.160. The fourth-order valence-corrected chi connectivity index (χ4v) is 4.43. The minimum atomic E-state index is -3.03. The van der Waals surface area contributed by atoms with Crippen molar-refractivity contribution in [1.29, 1.82) is 0 Å². The van der Waals surface area contributed by atoms with Crippen molar-refractivity contribution < 1.29 is 28.9 Å². The minimum absolute atomic E-state index is 0. The number of pyridine rings is 1. The smallest absolute Gasteiger partial charge is 0.299 e. The van der Waals surface area contributed by atoms with Crippen LogP contribution in [0.1, 0.15) is 36.1 Å². The Balaban J connectivity index is 0.00000205. The molecule has 0 fully saturated rings. The van der Waals surface area contributed by atoms with Crippen LogP contribution in [0, 0.1) is 6.07 Å². The van der Waals surface area contributed by atoms with Gasteiger partial charge in [0.2, 0.25) is 0 Å². The molecule has 5 rings (SSSR count).